The molecule has 0 saturated heterocycles. The monoisotopic (exact) mass is 166 g/mol. The third-order valence-electron chi connectivity index (χ3n) is 3.15. The molecule has 0 N–H and O–H groups in total. The van der Waals surface area contributed by atoms with E-state index < -0.39 is 0 Å². The third-order valence-corrected chi connectivity index (χ3v) is 3.15. The second-order valence-electron chi connectivity index (χ2n) is 4.70. The molecule has 0 fully saturated rings. The van der Waals surface area contributed by atoms with Crippen LogP contribution in [0.5, 0.6) is 0 Å². The molecule has 1 atom stereocenters. The summed E-state index contributed by atoms with van der Waals surface area (Å²) >= 11 is 0. The Balaban J connectivity index is 2.53. The molecular weight excluding hydrogens is 144 g/mol. The summed E-state index contributed by atoms with van der Waals surface area (Å²) in [5, 5.41) is 0. The summed E-state index contributed by atoms with van der Waals surface area (Å²) in [6.45, 7) is 7.11. The summed E-state index contributed by atoms with van der Waals surface area (Å²) < 4.78 is 0. The van der Waals surface area contributed by atoms with E-state index in [0.717, 1.165) is 5.92 Å². The third kappa shape index (κ3) is 2.36. The first-order chi connectivity index (χ1) is 5.67. The molecule has 1 aliphatic rings. The lowest BCUT2D eigenvalue weighted by atomic mass is 9.72. The summed E-state index contributed by atoms with van der Waals surface area (Å²) in [7, 11) is 0. The molecule has 0 aliphatic heterocycles. The predicted molar refractivity (Wildman–Crippen MR) is 55.2 cm³/mol. The standard InChI is InChI=1S/C12H22/c1-4-10-12(2,3)11-8-6-5-7-9-11/h6,8,11H,4-5,7,9-10H2,1-3H3. The van der Waals surface area contributed by atoms with Gasteiger partial charge in [-0.05, 0) is 37.0 Å². The van der Waals surface area contributed by atoms with E-state index in [1.165, 1.54) is 32.1 Å². The lowest BCUT2D eigenvalue weighted by Crippen LogP contribution is -2.23. The number of rotatable bonds is 3. The van der Waals surface area contributed by atoms with Gasteiger partial charge >= 0.3 is 0 Å². The van der Waals surface area contributed by atoms with Gasteiger partial charge in [-0.3, -0.25) is 0 Å². The zero-order chi connectivity index (χ0) is 9.03. The van der Waals surface area contributed by atoms with Crippen molar-refractivity contribution in [1.82, 2.24) is 0 Å². The topological polar surface area (TPSA) is 0 Å². The molecule has 0 aromatic rings. The Hall–Kier alpha value is -0.260. The number of allylic oxidation sites excluding steroid dienone is 2. The zero-order valence-corrected chi connectivity index (χ0v) is 8.77. The van der Waals surface area contributed by atoms with Gasteiger partial charge in [-0.1, -0.05) is 39.3 Å². The van der Waals surface area contributed by atoms with E-state index in [-0.39, 0.29) is 0 Å². The second-order valence-corrected chi connectivity index (χ2v) is 4.70. The summed E-state index contributed by atoms with van der Waals surface area (Å²) in [4.78, 5) is 0. The van der Waals surface area contributed by atoms with Crippen LogP contribution in [0.1, 0.15) is 52.9 Å². The Morgan fingerprint density at radius 3 is 2.67 bits per heavy atom. The molecular formula is C12H22. The minimum absolute atomic E-state index is 0.533. The smallest absolute Gasteiger partial charge is 0.0182 e. The van der Waals surface area contributed by atoms with E-state index in [0.29, 0.717) is 5.41 Å². The van der Waals surface area contributed by atoms with Crippen LogP contribution in [0.25, 0.3) is 0 Å². The zero-order valence-electron chi connectivity index (χ0n) is 8.77. The molecule has 0 heterocycles. The van der Waals surface area contributed by atoms with Crippen molar-refractivity contribution in [3.8, 4) is 0 Å². The first-order valence-electron chi connectivity index (χ1n) is 5.33. The van der Waals surface area contributed by atoms with Crippen molar-refractivity contribution in [2.45, 2.75) is 52.9 Å². The first kappa shape index (κ1) is 9.83. The molecule has 1 unspecified atom stereocenters. The molecule has 0 heteroatoms. The highest BCUT2D eigenvalue weighted by Gasteiger charge is 2.26. The molecule has 0 bridgehead atoms. The predicted octanol–water partition coefficient (Wildman–Crippen LogP) is 4.17. The Labute approximate surface area is 77.1 Å². The highest BCUT2D eigenvalue weighted by Crippen LogP contribution is 2.37. The fourth-order valence-corrected chi connectivity index (χ4v) is 2.29. The lowest BCUT2D eigenvalue weighted by molar-refractivity contribution is 0.216. The van der Waals surface area contributed by atoms with Crippen LogP contribution < -0.4 is 0 Å². The maximum Gasteiger partial charge on any atom is -0.0182 e. The Kier molecular flexibility index (Phi) is 3.37. The van der Waals surface area contributed by atoms with Gasteiger partial charge < -0.3 is 0 Å². The number of hydrogen-bond acceptors (Lipinski definition) is 0. The van der Waals surface area contributed by atoms with Crippen LogP contribution in [0.15, 0.2) is 12.2 Å². The molecule has 0 radical (unpaired) electrons. The Bertz CT molecular complexity index is 153. The molecule has 0 amide bonds. The molecule has 0 aromatic heterocycles. The van der Waals surface area contributed by atoms with Gasteiger partial charge in [-0.2, -0.15) is 0 Å². The number of hydrogen-bond donors (Lipinski definition) is 0. The van der Waals surface area contributed by atoms with Crippen LogP contribution in [-0.4, -0.2) is 0 Å². The van der Waals surface area contributed by atoms with Gasteiger partial charge in [0, 0.05) is 0 Å². The van der Waals surface area contributed by atoms with Gasteiger partial charge in [0.2, 0.25) is 0 Å². The summed E-state index contributed by atoms with van der Waals surface area (Å²) in [6.07, 6.45) is 11.6. The summed E-state index contributed by atoms with van der Waals surface area (Å²) in [6, 6.07) is 0. The van der Waals surface area contributed by atoms with Crippen molar-refractivity contribution in [2.24, 2.45) is 11.3 Å². The largest absolute Gasteiger partial charge is 0.0882 e. The fraction of sp³-hybridized carbons (Fsp3) is 0.833. The van der Waals surface area contributed by atoms with E-state index in [9.17, 15) is 0 Å². The van der Waals surface area contributed by atoms with Crippen molar-refractivity contribution < 1.29 is 0 Å². The van der Waals surface area contributed by atoms with Gasteiger partial charge in [-0.25, -0.2) is 0 Å². The van der Waals surface area contributed by atoms with E-state index >= 15 is 0 Å². The normalized spacial score (nSPS) is 24.4. The van der Waals surface area contributed by atoms with Crippen LogP contribution in [0.4, 0.5) is 0 Å². The van der Waals surface area contributed by atoms with Gasteiger partial charge in [0.1, 0.15) is 0 Å². The maximum atomic E-state index is 2.44. The van der Waals surface area contributed by atoms with Gasteiger partial charge in [0.15, 0.2) is 0 Å². The molecule has 70 valence electrons. The van der Waals surface area contributed by atoms with Crippen LogP contribution in [0.3, 0.4) is 0 Å². The average Bonchev–Trinajstić information content (AvgIpc) is 2.06. The second kappa shape index (κ2) is 4.11. The van der Waals surface area contributed by atoms with Crippen molar-refractivity contribution in [2.75, 3.05) is 0 Å². The van der Waals surface area contributed by atoms with Gasteiger partial charge in [0.25, 0.3) is 0 Å². The fourth-order valence-electron chi connectivity index (χ4n) is 2.29. The van der Waals surface area contributed by atoms with E-state index in [4.69, 9.17) is 0 Å². The lowest BCUT2D eigenvalue weighted by Gasteiger charge is -2.34. The summed E-state index contributed by atoms with van der Waals surface area (Å²) in [5.41, 5.74) is 0.533. The van der Waals surface area contributed by atoms with Gasteiger partial charge in [0.05, 0.1) is 0 Å². The van der Waals surface area contributed by atoms with E-state index in [1.54, 1.807) is 0 Å². The van der Waals surface area contributed by atoms with Crippen LogP contribution >= 0.6 is 0 Å². The molecule has 0 saturated carbocycles. The highest BCUT2D eigenvalue weighted by atomic mass is 14.3. The minimum atomic E-state index is 0.533. The molecule has 1 rings (SSSR count). The minimum Gasteiger partial charge on any atom is -0.0882 e. The van der Waals surface area contributed by atoms with Crippen molar-refractivity contribution in [3.63, 3.8) is 0 Å². The molecule has 0 spiro atoms. The van der Waals surface area contributed by atoms with Crippen molar-refractivity contribution in [3.05, 3.63) is 12.2 Å². The average molecular weight is 166 g/mol. The maximum absolute atomic E-state index is 2.44. The molecule has 0 nitrogen and oxygen atoms in total. The van der Waals surface area contributed by atoms with E-state index in [2.05, 4.69) is 32.9 Å². The molecule has 0 aromatic carbocycles. The first-order valence-corrected chi connectivity index (χ1v) is 5.33. The van der Waals surface area contributed by atoms with Crippen LogP contribution in [-0.2, 0) is 0 Å². The highest BCUT2D eigenvalue weighted by molar-refractivity contribution is 4.98. The molecule has 1 aliphatic carbocycles. The van der Waals surface area contributed by atoms with E-state index in [1.807, 2.05) is 0 Å². The summed E-state index contributed by atoms with van der Waals surface area (Å²) in [5.74, 6) is 0.839. The Morgan fingerprint density at radius 2 is 2.17 bits per heavy atom. The Morgan fingerprint density at radius 1 is 1.42 bits per heavy atom. The van der Waals surface area contributed by atoms with Crippen LogP contribution in [0, 0.1) is 11.3 Å². The van der Waals surface area contributed by atoms with Crippen LogP contribution in [0.2, 0.25) is 0 Å². The SMILES string of the molecule is CCCC(C)(C)C1C=CCCC1. The quantitative estimate of drug-likeness (QED) is 0.552. The van der Waals surface area contributed by atoms with Crippen molar-refractivity contribution in [1.29, 1.82) is 0 Å². The van der Waals surface area contributed by atoms with Crippen molar-refractivity contribution >= 4 is 0 Å². The van der Waals surface area contributed by atoms with Gasteiger partial charge in [-0.15, -0.1) is 0 Å². The molecule has 12 heavy (non-hydrogen) atoms.